The normalized spacial score (nSPS) is 18.5. The van der Waals surface area contributed by atoms with Gasteiger partial charge in [-0.1, -0.05) is 12.1 Å². The molecule has 0 unspecified atom stereocenters. The van der Waals surface area contributed by atoms with Crippen molar-refractivity contribution in [3.8, 4) is 0 Å². The largest absolute Gasteiger partial charge is 0.416 e. The first-order chi connectivity index (χ1) is 15.6. The van der Waals surface area contributed by atoms with Crippen molar-refractivity contribution in [2.45, 2.75) is 22.7 Å². The zero-order chi connectivity index (χ0) is 23.8. The fourth-order valence-corrected chi connectivity index (χ4v) is 4.91. The Bertz CT molecular complexity index is 1100. The van der Waals surface area contributed by atoms with E-state index in [2.05, 4.69) is 5.32 Å². The minimum atomic E-state index is -4.51. The minimum absolute atomic E-state index is 0.0000935. The number of nitro benzene ring substituents is 1. The number of piperazine rings is 1. The minimum Gasteiger partial charge on any atom is -0.362 e. The van der Waals surface area contributed by atoms with E-state index in [0.29, 0.717) is 36.8 Å². The van der Waals surface area contributed by atoms with E-state index >= 15 is 0 Å². The van der Waals surface area contributed by atoms with Crippen LogP contribution in [0.15, 0.2) is 47.4 Å². The van der Waals surface area contributed by atoms with E-state index in [1.807, 2.05) is 4.90 Å². The van der Waals surface area contributed by atoms with Crippen LogP contribution in [0.1, 0.15) is 12.0 Å². The standard InChI is InChI=1S/C21H19F3N4O4S/c22-21(23,24)13-5-6-17-14(11-13)25-20(30)18(33-17)12-19(29)27-9-7-26(8-10-27)15-3-1-2-4-16(15)28(31)32/h1-6,11,18H,7-10,12H2,(H,25,30)/t18-/m0/s1. The van der Waals surface area contributed by atoms with Crippen LogP contribution in [0.25, 0.3) is 0 Å². The maximum Gasteiger partial charge on any atom is 0.416 e. The average molecular weight is 480 g/mol. The van der Waals surface area contributed by atoms with Crippen molar-refractivity contribution in [3.63, 3.8) is 0 Å². The topological polar surface area (TPSA) is 95.8 Å². The molecular weight excluding hydrogens is 461 g/mol. The van der Waals surface area contributed by atoms with Crippen LogP contribution in [0.5, 0.6) is 0 Å². The zero-order valence-electron chi connectivity index (χ0n) is 17.2. The number of nitrogens with one attached hydrogen (secondary N) is 1. The molecule has 33 heavy (non-hydrogen) atoms. The number of para-hydroxylation sites is 2. The predicted octanol–water partition coefficient (Wildman–Crippen LogP) is 3.77. The van der Waals surface area contributed by atoms with Gasteiger partial charge in [-0.3, -0.25) is 19.7 Å². The number of thioether (sulfide) groups is 1. The number of nitrogens with zero attached hydrogens (tertiary/aromatic N) is 3. The number of halogens is 3. The van der Waals surface area contributed by atoms with Crippen LogP contribution in [0.4, 0.5) is 30.2 Å². The predicted molar refractivity (Wildman–Crippen MR) is 116 cm³/mol. The monoisotopic (exact) mass is 480 g/mol. The molecule has 4 rings (SSSR count). The van der Waals surface area contributed by atoms with Crippen LogP contribution in [-0.4, -0.2) is 53.1 Å². The van der Waals surface area contributed by atoms with Gasteiger partial charge in [0.05, 0.1) is 21.4 Å². The van der Waals surface area contributed by atoms with Crippen molar-refractivity contribution in [1.82, 2.24) is 4.90 Å². The molecule has 0 radical (unpaired) electrons. The number of amides is 2. The number of carbonyl (C=O) groups excluding carboxylic acids is 2. The second kappa shape index (κ2) is 8.93. The smallest absolute Gasteiger partial charge is 0.362 e. The number of hydrogen-bond donors (Lipinski definition) is 1. The van der Waals surface area contributed by atoms with Gasteiger partial charge in [0.2, 0.25) is 11.8 Å². The van der Waals surface area contributed by atoms with Crippen LogP contribution >= 0.6 is 11.8 Å². The third kappa shape index (κ3) is 4.90. The lowest BCUT2D eigenvalue weighted by molar-refractivity contribution is -0.384. The number of anilines is 2. The van der Waals surface area contributed by atoms with Gasteiger partial charge in [0, 0.05) is 43.6 Å². The van der Waals surface area contributed by atoms with Gasteiger partial charge >= 0.3 is 6.18 Å². The fourth-order valence-electron chi connectivity index (χ4n) is 3.83. The Hall–Kier alpha value is -3.28. The number of carbonyl (C=O) groups is 2. The third-order valence-electron chi connectivity index (χ3n) is 5.54. The van der Waals surface area contributed by atoms with Crippen molar-refractivity contribution in [3.05, 3.63) is 58.1 Å². The van der Waals surface area contributed by atoms with Crippen LogP contribution in [0.2, 0.25) is 0 Å². The van der Waals surface area contributed by atoms with Gasteiger partial charge in [0.25, 0.3) is 5.69 Å². The molecule has 0 bridgehead atoms. The SMILES string of the molecule is O=C1Nc2cc(C(F)(F)F)ccc2S[C@H]1CC(=O)N1CCN(c2ccccc2[N+](=O)[O-])CC1. The Labute approximate surface area is 190 Å². The first kappa shape index (κ1) is 22.9. The summed E-state index contributed by atoms with van der Waals surface area (Å²) in [6.45, 7) is 1.50. The Kier molecular flexibility index (Phi) is 6.19. The van der Waals surface area contributed by atoms with Crippen molar-refractivity contribution < 1.29 is 27.7 Å². The van der Waals surface area contributed by atoms with Gasteiger partial charge in [-0.05, 0) is 24.3 Å². The number of benzene rings is 2. The molecule has 0 aliphatic carbocycles. The summed E-state index contributed by atoms with van der Waals surface area (Å²) in [5.41, 5.74) is -0.277. The van der Waals surface area contributed by atoms with Crippen molar-refractivity contribution in [2.75, 3.05) is 36.4 Å². The molecule has 1 saturated heterocycles. The van der Waals surface area contributed by atoms with Crippen LogP contribution < -0.4 is 10.2 Å². The van der Waals surface area contributed by atoms with E-state index in [9.17, 15) is 32.9 Å². The third-order valence-corrected chi connectivity index (χ3v) is 6.81. The Morgan fingerprint density at radius 3 is 2.52 bits per heavy atom. The van der Waals surface area contributed by atoms with E-state index in [-0.39, 0.29) is 23.7 Å². The molecule has 0 saturated carbocycles. The lowest BCUT2D eigenvalue weighted by Crippen LogP contribution is -2.50. The summed E-state index contributed by atoms with van der Waals surface area (Å²) >= 11 is 1.07. The van der Waals surface area contributed by atoms with Gasteiger partial charge in [-0.15, -0.1) is 11.8 Å². The maximum absolute atomic E-state index is 12.9. The Morgan fingerprint density at radius 1 is 1.15 bits per heavy atom. The van der Waals surface area contributed by atoms with Crippen LogP contribution in [0, 0.1) is 10.1 Å². The molecule has 1 N–H and O–H groups in total. The van der Waals surface area contributed by atoms with E-state index in [1.165, 1.54) is 12.1 Å². The highest BCUT2D eigenvalue weighted by Gasteiger charge is 2.35. The summed E-state index contributed by atoms with van der Waals surface area (Å²) in [7, 11) is 0. The number of rotatable bonds is 4. The molecule has 0 spiro atoms. The molecule has 2 heterocycles. The van der Waals surface area contributed by atoms with Gasteiger partial charge in [-0.25, -0.2) is 0 Å². The molecule has 2 aliphatic heterocycles. The van der Waals surface area contributed by atoms with Gasteiger partial charge in [0.15, 0.2) is 0 Å². The molecule has 1 atom stereocenters. The van der Waals surface area contributed by atoms with E-state index < -0.39 is 27.8 Å². The number of hydrogen-bond acceptors (Lipinski definition) is 6. The molecule has 1 fully saturated rings. The second-order valence-electron chi connectivity index (χ2n) is 7.62. The zero-order valence-corrected chi connectivity index (χ0v) is 18.0. The maximum atomic E-state index is 12.9. The Balaban J connectivity index is 1.37. The quantitative estimate of drug-likeness (QED) is 0.529. The average Bonchev–Trinajstić information content (AvgIpc) is 2.78. The first-order valence-corrected chi connectivity index (χ1v) is 11.0. The summed E-state index contributed by atoms with van der Waals surface area (Å²) < 4.78 is 38.7. The molecule has 8 nitrogen and oxygen atoms in total. The summed E-state index contributed by atoms with van der Waals surface area (Å²) in [5.74, 6) is -0.765. The van der Waals surface area contributed by atoms with Crippen molar-refractivity contribution >= 4 is 40.6 Å². The highest BCUT2D eigenvalue weighted by atomic mass is 32.2. The van der Waals surface area contributed by atoms with Gasteiger partial charge in [0.1, 0.15) is 5.69 Å². The molecule has 2 aromatic carbocycles. The number of fused-ring (bicyclic) bond motifs is 1. The Morgan fingerprint density at radius 2 is 1.85 bits per heavy atom. The highest BCUT2D eigenvalue weighted by Crippen LogP contribution is 2.40. The van der Waals surface area contributed by atoms with E-state index in [0.717, 1.165) is 23.9 Å². The molecule has 0 aromatic heterocycles. The number of alkyl halides is 3. The molecule has 174 valence electrons. The van der Waals surface area contributed by atoms with Crippen molar-refractivity contribution in [1.29, 1.82) is 0 Å². The molecule has 2 aromatic rings. The summed E-state index contributed by atoms with van der Waals surface area (Å²) in [6.07, 6.45) is -4.61. The molecule has 2 amide bonds. The van der Waals surface area contributed by atoms with Crippen LogP contribution in [-0.2, 0) is 15.8 Å². The second-order valence-corrected chi connectivity index (χ2v) is 8.87. The lowest BCUT2D eigenvalue weighted by atomic mass is 10.1. The van der Waals surface area contributed by atoms with Gasteiger partial charge in [-0.2, -0.15) is 13.2 Å². The fraction of sp³-hybridized carbons (Fsp3) is 0.333. The summed E-state index contributed by atoms with van der Waals surface area (Å²) in [4.78, 5) is 39.9. The van der Waals surface area contributed by atoms with Gasteiger partial charge < -0.3 is 15.1 Å². The summed E-state index contributed by atoms with van der Waals surface area (Å²) in [6, 6.07) is 9.54. The lowest BCUT2D eigenvalue weighted by Gasteiger charge is -2.36. The van der Waals surface area contributed by atoms with Crippen LogP contribution in [0.3, 0.4) is 0 Å². The van der Waals surface area contributed by atoms with E-state index in [4.69, 9.17) is 0 Å². The highest BCUT2D eigenvalue weighted by molar-refractivity contribution is 8.01. The first-order valence-electron chi connectivity index (χ1n) is 10.1. The molecular formula is C21H19F3N4O4S. The van der Waals surface area contributed by atoms with E-state index in [1.54, 1.807) is 23.1 Å². The molecule has 2 aliphatic rings. The number of nitro groups is 1. The molecule has 12 heteroatoms. The summed E-state index contributed by atoms with van der Waals surface area (Å²) in [5, 5.41) is 13.0. The van der Waals surface area contributed by atoms with Crippen molar-refractivity contribution in [2.24, 2.45) is 0 Å².